The number of anilines is 1. The molecule has 1 N–H and O–H groups in total. The van der Waals surface area contributed by atoms with Crippen molar-refractivity contribution in [2.45, 2.75) is 72.0 Å². The molecule has 1 aromatic carbocycles. The largest absolute Gasteiger partial charge is 0.491 e. The van der Waals surface area contributed by atoms with Crippen LogP contribution in [-0.4, -0.2) is 69.8 Å². The Balaban J connectivity index is 1.47. The minimum Gasteiger partial charge on any atom is -0.491 e. The van der Waals surface area contributed by atoms with E-state index in [0.717, 1.165) is 66.4 Å². The van der Waals surface area contributed by atoms with Crippen LogP contribution in [0.15, 0.2) is 18.2 Å². The van der Waals surface area contributed by atoms with Crippen molar-refractivity contribution in [2.24, 2.45) is 12.5 Å². The average Bonchev–Trinajstić information content (AvgIpc) is 3.13. The monoisotopic (exact) mass is 589 g/mol. The lowest BCUT2D eigenvalue weighted by molar-refractivity contribution is -0.117. The lowest BCUT2D eigenvalue weighted by Gasteiger charge is -2.59. The van der Waals surface area contributed by atoms with E-state index in [1.54, 1.807) is 12.1 Å². The highest BCUT2D eigenvalue weighted by atomic mass is 35.5. The highest BCUT2D eigenvalue weighted by Crippen LogP contribution is 2.51. The van der Waals surface area contributed by atoms with E-state index in [4.69, 9.17) is 31.0 Å². The van der Waals surface area contributed by atoms with Gasteiger partial charge in [-0.15, -0.1) is 0 Å². The van der Waals surface area contributed by atoms with E-state index >= 15 is 0 Å². The van der Waals surface area contributed by atoms with Gasteiger partial charge in [0.15, 0.2) is 5.82 Å². The molecule has 1 aliphatic carbocycles. The van der Waals surface area contributed by atoms with Crippen molar-refractivity contribution in [1.29, 1.82) is 0 Å². The molecule has 41 heavy (non-hydrogen) atoms. The minimum atomic E-state index is -2.44. The highest BCUT2D eigenvalue weighted by Gasteiger charge is 2.53. The molecule has 1 aliphatic heterocycles. The number of benzene rings is 1. The molecule has 2 aliphatic rings. The molecule has 1 atom stereocenters. The van der Waals surface area contributed by atoms with Crippen LogP contribution in [0, 0.1) is 26.2 Å². The molecule has 11 heteroatoms. The van der Waals surface area contributed by atoms with Crippen molar-refractivity contribution in [3.8, 4) is 28.5 Å². The number of aryl methyl sites for hydroxylation is 2. The maximum Gasteiger partial charge on any atom is 0.261 e. The molecular weight excluding hydrogens is 552 g/mol. The molecule has 8 nitrogen and oxygen atoms in total. The molecule has 3 heterocycles. The van der Waals surface area contributed by atoms with Gasteiger partial charge in [0.25, 0.3) is 6.43 Å². The summed E-state index contributed by atoms with van der Waals surface area (Å²) in [5, 5.41) is 15.2. The van der Waals surface area contributed by atoms with Gasteiger partial charge in [0.1, 0.15) is 24.8 Å². The van der Waals surface area contributed by atoms with E-state index in [2.05, 4.69) is 10.00 Å². The number of nitrogens with zero attached hydrogens (tertiary/aromatic N) is 5. The van der Waals surface area contributed by atoms with Crippen molar-refractivity contribution >= 4 is 17.4 Å². The predicted molar refractivity (Wildman–Crippen MR) is 155 cm³/mol. The molecular formula is C30H38ClF2N5O3. The predicted octanol–water partition coefficient (Wildman–Crippen LogP) is 5.91. The molecule has 1 saturated heterocycles. The summed E-state index contributed by atoms with van der Waals surface area (Å²) in [5.41, 5.74) is 5.29. The third kappa shape index (κ3) is 6.05. The van der Waals surface area contributed by atoms with E-state index in [9.17, 15) is 13.9 Å². The molecule has 0 amide bonds. The summed E-state index contributed by atoms with van der Waals surface area (Å²) < 4.78 is 38.2. The Morgan fingerprint density at radius 1 is 1.12 bits per heavy atom. The van der Waals surface area contributed by atoms with Gasteiger partial charge in [-0.25, -0.2) is 18.7 Å². The zero-order valence-electron chi connectivity index (χ0n) is 24.3. The fourth-order valence-corrected chi connectivity index (χ4v) is 6.24. The van der Waals surface area contributed by atoms with Gasteiger partial charge in [-0.2, -0.15) is 5.10 Å². The van der Waals surface area contributed by atoms with E-state index in [1.165, 1.54) is 0 Å². The number of aliphatic hydroxyl groups excluding tert-OH is 1. The molecule has 2 aromatic heterocycles. The fraction of sp³-hybridized carbons (Fsp3) is 0.567. The van der Waals surface area contributed by atoms with Crippen LogP contribution in [0.1, 0.15) is 49.4 Å². The van der Waals surface area contributed by atoms with Gasteiger partial charge in [0, 0.05) is 36.7 Å². The highest BCUT2D eigenvalue weighted by molar-refractivity contribution is 6.33. The molecule has 0 unspecified atom stereocenters. The number of hydrogen-bond donors (Lipinski definition) is 1. The summed E-state index contributed by atoms with van der Waals surface area (Å²) in [6.45, 7) is 9.27. The van der Waals surface area contributed by atoms with Crippen LogP contribution in [0.2, 0.25) is 5.02 Å². The molecule has 0 bridgehead atoms. The van der Waals surface area contributed by atoms with Crippen LogP contribution < -0.4 is 9.64 Å². The van der Waals surface area contributed by atoms with Crippen molar-refractivity contribution in [3.05, 3.63) is 40.0 Å². The summed E-state index contributed by atoms with van der Waals surface area (Å²) in [6, 6.07) is 5.35. The lowest BCUT2D eigenvalue weighted by Crippen LogP contribution is -2.64. The second-order valence-corrected chi connectivity index (χ2v) is 11.9. The molecule has 0 radical (unpaired) electrons. The molecule has 1 spiro atoms. The van der Waals surface area contributed by atoms with E-state index < -0.39 is 19.1 Å². The van der Waals surface area contributed by atoms with E-state index in [0.29, 0.717) is 28.6 Å². The number of hydrogen-bond acceptors (Lipinski definition) is 7. The van der Waals surface area contributed by atoms with Crippen LogP contribution in [0.5, 0.6) is 5.75 Å². The van der Waals surface area contributed by atoms with E-state index in [1.807, 2.05) is 45.5 Å². The van der Waals surface area contributed by atoms with Crippen molar-refractivity contribution < 1.29 is 23.4 Å². The summed E-state index contributed by atoms with van der Waals surface area (Å²) in [4.78, 5) is 12.3. The summed E-state index contributed by atoms with van der Waals surface area (Å²) in [6.07, 6.45) is -0.0248. The maximum absolute atomic E-state index is 12.6. The normalized spacial score (nSPS) is 17.2. The molecule has 3 aromatic rings. The standard InChI is InChI=1S/C30H38ClF2N5O3/c1-6-7-20(39)13-40-21-8-9-24(31)23(10-21)28-34-26(27-17(2)19(4)36-37(27)5)18(3)29(35-28)38-15-30(16-38)11-22(12-30)41-14-25(32)33/h8-10,20,22,25,39H,6-7,11-16H2,1-5H3/t20-/m1/s1. The average molecular weight is 590 g/mol. The van der Waals surface area contributed by atoms with Crippen LogP contribution in [-0.2, 0) is 11.8 Å². The topological polar surface area (TPSA) is 85.5 Å². The zero-order valence-corrected chi connectivity index (χ0v) is 25.0. The number of halogens is 3. The first kappa shape index (κ1) is 29.7. The first-order chi connectivity index (χ1) is 19.5. The van der Waals surface area contributed by atoms with E-state index in [-0.39, 0.29) is 18.1 Å². The molecule has 2 fully saturated rings. The summed E-state index contributed by atoms with van der Waals surface area (Å²) >= 11 is 6.69. The van der Waals surface area contributed by atoms with Crippen LogP contribution in [0.25, 0.3) is 22.8 Å². The van der Waals surface area contributed by atoms with Crippen molar-refractivity contribution in [1.82, 2.24) is 19.7 Å². The van der Waals surface area contributed by atoms with Crippen LogP contribution in [0.3, 0.4) is 0 Å². The van der Waals surface area contributed by atoms with Gasteiger partial charge in [-0.1, -0.05) is 24.9 Å². The van der Waals surface area contributed by atoms with Crippen molar-refractivity contribution in [3.63, 3.8) is 0 Å². The number of aliphatic hydroxyl groups is 1. The Hall–Kier alpha value is -2.82. The Morgan fingerprint density at radius 2 is 1.85 bits per heavy atom. The van der Waals surface area contributed by atoms with Gasteiger partial charge >= 0.3 is 0 Å². The second kappa shape index (κ2) is 11.8. The lowest BCUT2D eigenvalue weighted by atomic mass is 9.61. The Labute approximate surface area is 244 Å². The fourth-order valence-electron chi connectivity index (χ4n) is 6.04. The van der Waals surface area contributed by atoms with Crippen molar-refractivity contribution in [2.75, 3.05) is 31.2 Å². The molecule has 1 saturated carbocycles. The van der Waals surface area contributed by atoms with Gasteiger partial charge in [0.2, 0.25) is 0 Å². The maximum atomic E-state index is 12.6. The number of alkyl halides is 2. The van der Waals surface area contributed by atoms with Gasteiger partial charge < -0.3 is 19.5 Å². The number of ether oxygens (including phenoxy) is 2. The quantitative estimate of drug-likeness (QED) is 0.297. The Morgan fingerprint density at radius 3 is 2.49 bits per heavy atom. The first-order valence-electron chi connectivity index (χ1n) is 14.1. The SMILES string of the molecule is CCC[C@@H](O)COc1ccc(Cl)c(-c2nc(-c3c(C)c(C)nn3C)c(C)c(N3CC4(CC(OCC(F)F)C4)C3)n2)c1. The summed E-state index contributed by atoms with van der Waals surface area (Å²) in [7, 11) is 1.91. The minimum absolute atomic E-state index is 0.0638. The Kier molecular flexibility index (Phi) is 8.55. The van der Waals surface area contributed by atoms with Gasteiger partial charge in [-0.05, 0) is 63.8 Å². The van der Waals surface area contributed by atoms with Gasteiger partial charge in [-0.3, -0.25) is 4.68 Å². The Bertz CT molecular complexity index is 1400. The first-order valence-corrected chi connectivity index (χ1v) is 14.5. The van der Waals surface area contributed by atoms with Gasteiger partial charge in [0.05, 0.1) is 34.3 Å². The van der Waals surface area contributed by atoms with Crippen LogP contribution in [0.4, 0.5) is 14.6 Å². The third-order valence-electron chi connectivity index (χ3n) is 8.24. The third-order valence-corrected chi connectivity index (χ3v) is 8.57. The second-order valence-electron chi connectivity index (χ2n) is 11.5. The molecule has 5 rings (SSSR count). The zero-order chi connectivity index (χ0) is 29.5. The molecule has 222 valence electrons. The van der Waals surface area contributed by atoms with Crippen LogP contribution >= 0.6 is 11.6 Å². The number of rotatable bonds is 11. The number of aromatic nitrogens is 4. The summed E-state index contributed by atoms with van der Waals surface area (Å²) in [5.74, 6) is 1.86. The smallest absolute Gasteiger partial charge is 0.261 e.